The molecule has 4 heteroatoms. The van der Waals surface area contributed by atoms with E-state index in [0.29, 0.717) is 28.1 Å². The highest BCUT2D eigenvalue weighted by molar-refractivity contribution is 9.10. The number of nitrogen functional groups attached to an aromatic ring is 1. The van der Waals surface area contributed by atoms with Crippen LogP contribution in [0, 0.1) is 0 Å². The first-order valence-corrected chi connectivity index (χ1v) is 5.08. The van der Waals surface area contributed by atoms with Gasteiger partial charge in [0.1, 0.15) is 5.75 Å². The monoisotopic (exact) mass is 257 g/mol. The number of Topliss-reactive ketones (excluding diaryl/α,β-unsaturated/α-hetero) is 1. The van der Waals surface area contributed by atoms with E-state index in [1.165, 1.54) is 6.92 Å². The Morgan fingerprint density at radius 1 is 1.57 bits per heavy atom. The lowest BCUT2D eigenvalue weighted by Crippen LogP contribution is -2.02. The number of hydrogen-bond acceptors (Lipinski definition) is 3. The minimum absolute atomic E-state index is 0.0542. The van der Waals surface area contributed by atoms with Crippen molar-refractivity contribution in [3.8, 4) is 5.75 Å². The second kappa shape index (κ2) is 4.46. The van der Waals surface area contributed by atoms with Crippen molar-refractivity contribution in [1.29, 1.82) is 0 Å². The number of ketones is 1. The SMILES string of the molecule is CCOc1c(Br)cc(N)cc1C(C)=O. The summed E-state index contributed by atoms with van der Waals surface area (Å²) in [5.74, 6) is 0.510. The number of anilines is 1. The minimum Gasteiger partial charge on any atom is -0.492 e. The van der Waals surface area contributed by atoms with Crippen LogP contribution < -0.4 is 10.5 Å². The van der Waals surface area contributed by atoms with Gasteiger partial charge in [-0.15, -0.1) is 0 Å². The van der Waals surface area contributed by atoms with Gasteiger partial charge in [0.05, 0.1) is 16.6 Å². The van der Waals surface area contributed by atoms with Gasteiger partial charge in [-0.25, -0.2) is 0 Å². The molecule has 0 atom stereocenters. The summed E-state index contributed by atoms with van der Waals surface area (Å²) in [4.78, 5) is 11.3. The van der Waals surface area contributed by atoms with Crippen molar-refractivity contribution in [1.82, 2.24) is 0 Å². The van der Waals surface area contributed by atoms with E-state index in [0.717, 1.165) is 0 Å². The first-order chi connectivity index (χ1) is 6.56. The van der Waals surface area contributed by atoms with Crippen LogP contribution in [0.5, 0.6) is 5.75 Å². The molecule has 3 nitrogen and oxygen atoms in total. The van der Waals surface area contributed by atoms with Gasteiger partial charge in [0.2, 0.25) is 0 Å². The van der Waals surface area contributed by atoms with Crippen LogP contribution in [-0.4, -0.2) is 12.4 Å². The Labute approximate surface area is 91.4 Å². The average molecular weight is 258 g/mol. The van der Waals surface area contributed by atoms with Gasteiger partial charge in [0.25, 0.3) is 0 Å². The van der Waals surface area contributed by atoms with E-state index < -0.39 is 0 Å². The van der Waals surface area contributed by atoms with Crippen molar-refractivity contribution in [2.45, 2.75) is 13.8 Å². The molecule has 14 heavy (non-hydrogen) atoms. The number of nitrogens with two attached hydrogens (primary N) is 1. The van der Waals surface area contributed by atoms with Crippen molar-refractivity contribution in [2.75, 3.05) is 12.3 Å². The Balaban J connectivity index is 3.28. The number of benzene rings is 1. The van der Waals surface area contributed by atoms with E-state index in [1.54, 1.807) is 12.1 Å². The summed E-state index contributed by atoms with van der Waals surface area (Å²) >= 11 is 3.31. The number of halogens is 1. The van der Waals surface area contributed by atoms with Crippen LogP contribution in [0.25, 0.3) is 0 Å². The summed E-state index contributed by atoms with van der Waals surface area (Å²) in [7, 11) is 0. The molecule has 0 aliphatic rings. The van der Waals surface area contributed by atoms with Gasteiger partial charge in [-0.1, -0.05) is 0 Å². The van der Waals surface area contributed by atoms with Crippen LogP contribution in [0.1, 0.15) is 24.2 Å². The Morgan fingerprint density at radius 2 is 2.21 bits per heavy atom. The van der Waals surface area contributed by atoms with Gasteiger partial charge < -0.3 is 10.5 Å². The summed E-state index contributed by atoms with van der Waals surface area (Å²) in [6.45, 7) is 3.87. The van der Waals surface area contributed by atoms with E-state index in [-0.39, 0.29) is 5.78 Å². The molecule has 0 radical (unpaired) electrons. The lowest BCUT2D eigenvalue weighted by Gasteiger charge is -2.10. The maximum Gasteiger partial charge on any atom is 0.163 e. The molecule has 0 aromatic heterocycles. The van der Waals surface area contributed by atoms with Crippen LogP contribution in [0.2, 0.25) is 0 Å². The highest BCUT2D eigenvalue weighted by atomic mass is 79.9. The van der Waals surface area contributed by atoms with Gasteiger partial charge >= 0.3 is 0 Å². The predicted molar refractivity (Wildman–Crippen MR) is 59.7 cm³/mol. The molecule has 0 aliphatic heterocycles. The van der Waals surface area contributed by atoms with E-state index in [9.17, 15) is 4.79 Å². The third kappa shape index (κ3) is 2.26. The first kappa shape index (κ1) is 11.0. The predicted octanol–water partition coefficient (Wildman–Crippen LogP) is 2.63. The molecule has 0 amide bonds. The molecule has 1 aromatic rings. The second-order valence-corrected chi connectivity index (χ2v) is 3.72. The Hall–Kier alpha value is -1.03. The van der Waals surface area contributed by atoms with Crippen LogP contribution in [0.15, 0.2) is 16.6 Å². The molecule has 76 valence electrons. The number of carbonyl (C=O) groups excluding carboxylic acids is 1. The van der Waals surface area contributed by atoms with Crippen molar-refractivity contribution >= 4 is 27.4 Å². The van der Waals surface area contributed by atoms with Crippen molar-refractivity contribution in [3.05, 3.63) is 22.2 Å². The summed E-state index contributed by atoms with van der Waals surface area (Å²) in [5.41, 5.74) is 6.68. The molecule has 0 heterocycles. The largest absolute Gasteiger partial charge is 0.492 e. The Bertz CT molecular complexity index is 363. The molecular formula is C10H12BrNO2. The fraction of sp³-hybridized carbons (Fsp3) is 0.300. The Morgan fingerprint density at radius 3 is 2.71 bits per heavy atom. The molecule has 1 rings (SSSR count). The van der Waals surface area contributed by atoms with Crippen molar-refractivity contribution in [2.24, 2.45) is 0 Å². The summed E-state index contributed by atoms with van der Waals surface area (Å²) in [5, 5.41) is 0. The lowest BCUT2D eigenvalue weighted by atomic mass is 10.1. The maximum absolute atomic E-state index is 11.3. The quantitative estimate of drug-likeness (QED) is 0.669. The van der Waals surface area contributed by atoms with Gasteiger partial charge in [-0.05, 0) is 41.9 Å². The number of ether oxygens (including phenoxy) is 1. The highest BCUT2D eigenvalue weighted by Gasteiger charge is 2.12. The molecule has 0 saturated heterocycles. The van der Waals surface area contributed by atoms with Crippen LogP contribution in [0.3, 0.4) is 0 Å². The fourth-order valence-corrected chi connectivity index (χ4v) is 1.76. The van der Waals surface area contributed by atoms with Gasteiger partial charge in [0, 0.05) is 5.69 Å². The van der Waals surface area contributed by atoms with E-state index in [1.807, 2.05) is 6.92 Å². The third-order valence-corrected chi connectivity index (χ3v) is 2.32. The van der Waals surface area contributed by atoms with Crippen molar-refractivity contribution in [3.63, 3.8) is 0 Å². The first-order valence-electron chi connectivity index (χ1n) is 4.29. The maximum atomic E-state index is 11.3. The topological polar surface area (TPSA) is 52.3 Å². The molecule has 0 bridgehead atoms. The molecule has 2 N–H and O–H groups in total. The molecule has 0 aliphatic carbocycles. The van der Waals surface area contributed by atoms with E-state index in [4.69, 9.17) is 10.5 Å². The summed E-state index contributed by atoms with van der Waals surface area (Å²) in [6, 6.07) is 3.34. The minimum atomic E-state index is -0.0542. The lowest BCUT2D eigenvalue weighted by molar-refractivity contribution is 0.101. The third-order valence-electron chi connectivity index (χ3n) is 1.73. The van der Waals surface area contributed by atoms with Crippen LogP contribution in [-0.2, 0) is 0 Å². The van der Waals surface area contributed by atoms with Crippen molar-refractivity contribution < 1.29 is 9.53 Å². The normalized spacial score (nSPS) is 9.93. The zero-order valence-electron chi connectivity index (χ0n) is 8.13. The summed E-state index contributed by atoms with van der Waals surface area (Å²) < 4.78 is 6.07. The molecule has 0 fully saturated rings. The van der Waals surface area contributed by atoms with E-state index in [2.05, 4.69) is 15.9 Å². The summed E-state index contributed by atoms with van der Waals surface area (Å²) in [6.07, 6.45) is 0. The van der Waals surface area contributed by atoms with Gasteiger partial charge in [-0.2, -0.15) is 0 Å². The van der Waals surface area contributed by atoms with Crippen LogP contribution >= 0.6 is 15.9 Å². The Kier molecular flexibility index (Phi) is 3.52. The molecule has 0 unspecified atom stereocenters. The van der Waals surface area contributed by atoms with Gasteiger partial charge in [0.15, 0.2) is 5.78 Å². The zero-order chi connectivity index (χ0) is 10.7. The highest BCUT2D eigenvalue weighted by Crippen LogP contribution is 2.32. The zero-order valence-corrected chi connectivity index (χ0v) is 9.72. The molecule has 1 aromatic carbocycles. The average Bonchev–Trinajstić information content (AvgIpc) is 2.09. The molecular weight excluding hydrogens is 246 g/mol. The standard InChI is InChI=1S/C10H12BrNO2/c1-3-14-10-8(6(2)13)4-7(12)5-9(10)11/h4-5H,3,12H2,1-2H3. The van der Waals surface area contributed by atoms with Crippen LogP contribution in [0.4, 0.5) is 5.69 Å². The fourth-order valence-electron chi connectivity index (χ4n) is 1.17. The van der Waals surface area contributed by atoms with Gasteiger partial charge in [-0.3, -0.25) is 4.79 Å². The second-order valence-electron chi connectivity index (χ2n) is 2.87. The number of hydrogen-bond donors (Lipinski definition) is 1. The molecule has 0 saturated carbocycles. The number of rotatable bonds is 3. The van der Waals surface area contributed by atoms with E-state index >= 15 is 0 Å². The molecule has 0 spiro atoms. The smallest absolute Gasteiger partial charge is 0.163 e. The number of carbonyl (C=O) groups is 1.